The molecule has 1 amide bonds. The van der Waals surface area contributed by atoms with Crippen molar-refractivity contribution in [3.05, 3.63) is 34.1 Å². The van der Waals surface area contributed by atoms with Crippen LogP contribution in [0, 0.1) is 5.82 Å². The van der Waals surface area contributed by atoms with Crippen molar-refractivity contribution in [2.24, 2.45) is 0 Å². The fourth-order valence-corrected chi connectivity index (χ4v) is 1.59. The van der Waals surface area contributed by atoms with Gasteiger partial charge in [0.2, 0.25) is 5.91 Å². The lowest BCUT2D eigenvalue weighted by Gasteiger charge is -2.04. The fourth-order valence-electron chi connectivity index (χ4n) is 1.10. The zero-order valence-electron chi connectivity index (χ0n) is 7.81. The minimum absolute atomic E-state index is 0.0557. The van der Waals surface area contributed by atoms with Gasteiger partial charge in [-0.15, -0.1) is 0 Å². The number of benzene rings is 1. The predicted octanol–water partition coefficient (Wildman–Crippen LogP) is 2.27. The van der Waals surface area contributed by atoms with Crippen molar-refractivity contribution >= 4 is 21.8 Å². The molecule has 4 heteroatoms. The molecule has 0 spiro atoms. The zero-order chi connectivity index (χ0) is 10.6. The molecule has 0 saturated carbocycles. The molecule has 0 aliphatic rings. The normalized spacial score (nSPS) is 9.93. The topological polar surface area (TPSA) is 29.1 Å². The van der Waals surface area contributed by atoms with Crippen molar-refractivity contribution in [3.63, 3.8) is 0 Å². The summed E-state index contributed by atoms with van der Waals surface area (Å²) in [4.78, 5) is 11.2. The molecule has 0 fully saturated rings. The summed E-state index contributed by atoms with van der Waals surface area (Å²) in [5, 5.41) is 2.68. The van der Waals surface area contributed by atoms with E-state index in [9.17, 15) is 9.18 Å². The van der Waals surface area contributed by atoms with Crippen LogP contribution in [0.4, 0.5) is 4.39 Å². The van der Waals surface area contributed by atoms with Crippen LogP contribution in [0.2, 0.25) is 0 Å². The summed E-state index contributed by atoms with van der Waals surface area (Å²) in [6, 6.07) is 4.31. The molecule has 0 atom stereocenters. The minimum atomic E-state index is -0.309. The van der Waals surface area contributed by atoms with Gasteiger partial charge in [0.1, 0.15) is 5.82 Å². The molecule has 0 aliphatic heterocycles. The number of likely N-dealkylation sites (N-methyl/N-ethyl adjacent to an activating group) is 1. The summed E-state index contributed by atoms with van der Waals surface area (Å²) < 4.78 is 13.3. The van der Waals surface area contributed by atoms with Crippen LogP contribution < -0.4 is 5.32 Å². The highest BCUT2D eigenvalue weighted by atomic mass is 79.9. The van der Waals surface area contributed by atoms with Crippen LogP contribution in [0.1, 0.15) is 12.5 Å². The molecule has 0 aliphatic carbocycles. The highest BCUT2D eigenvalue weighted by Gasteiger charge is 2.06. The van der Waals surface area contributed by atoms with Crippen LogP contribution in [0.3, 0.4) is 0 Å². The van der Waals surface area contributed by atoms with E-state index < -0.39 is 0 Å². The molecule has 1 aromatic carbocycles. The minimum Gasteiger partial charge on any atom is -0.356 e. The van der Waals surface area contributed by atoms with Gasteiger partial charge in [0.05, 0.1) is 6.42 Å². The lowest BCUT2D eigenvalue weighted by molar-refractivity contribution is -0.120. The Morgan fingerprint density at radius 1 is 1.57 bits per heavy atom. The third-order valence-corrected chi connectivity index (χ3v) is 2.48. The van der Waals surface area contributed by atoms with E-state index >= 15 is 0 Å². The third kappa shape index (κ3) is 3.10. The summed E-state index contributed by atoms with van der Waals surface area (Å²) in [6.07, 6.45) is 0.273. The molecular weight excluding hydrogens is 249 g/mol. The summed E-state index contributed by atoms with van der Waals surface area (Å²) in [5.41, 5.74) is 0.789. The average Bonchev–Trinajstić information content (AvgIpc) is 2.10. The molecule has 0 unspecified atom stereocenters. The molecule has 0 aromatic heterocycles. The number of carbonyl (C=O) groups excluding carboxylic acids is 1. The number of nitrogens with one attached hydrogen (secondary N) is 1. The number of hydrogen-bond acceptors (Lipinski definition) is 1. The van der Waals surface area contributed by atoms with Crippen molar-refractivity contribution in [2.45, 2.75) is 13.3 Å². The first-order chi connectivity index (χ1) is 6.63. The summed E-state index contributed by atoms with van der Waals surface area (Å²) in [5.74, 6) is -0.365. The van der Waals surface area contributed by atoms with E-state index in [2.05, 4.69) is 21.2 Å². The molecule has 0 heterocycles. The van der Waals surface area contributed by atoms with E-state index in [1.807, 2.05) is 6.92 Å². The van der Waals surface area contributed by atoms with Crippen LogP contribution in [0.25, 0.3) is 0 Å². The van der Waals surface area contributed by atoms with Gasteiger partial charge in [0.15, 0.2) is 0 Å². The van der Waals surface area contributed by atoms with Gasteiger partial charge < -0.3 is 5.32 Å². The summed E-state index contributed by atoms with van der Waals surface area (Å²) >= 11 is 3.21. The lowest BCUT2D eigenvalue weighted by atomic mass is 10.1. The summed E-state index contributed by atoms with van der Waals surface area (Å²) in [7, 11) is 0. The first-order valence-corrected chi connectivity index (χ1v) is 5.13. The largest absolute Gasteiger partial charge is 0.356 e. The van der Waals surface area contributed by atoms with Crippen molar-refractivity contribution in [3.8, 4) is 0 Å². The van der Waals surface area contributed by atoms with Crippen LogP contribution in [0.5, 0.6) is 0 Å². The molecule has 1 aromatic rings. The standard InChI is InChI=1S/C10H11BrFNO/c1-2-13-10(14)5-7-3-4-8(12)6-9(7)11/h3-4,6H,2,5H2,1H3,(H,13,14). The first kappa shape index (κ1) is 11.2. The number of hydrogen-bond donors (Lipinski definition) is 1. The van der Waals surface area contributed by atoms with Crippen LogP contribution >= 0.6 is 15.9 Å². The Balaban J connectivity index is 2.72. The number of amides is 1. The Morgan fingerprint density at radius 2 is 2.29 bits per heavy atom. The van der Waals surface area contributed by atoms with Gasteiger partial charge in [0, 0.05) is 11.0 Å². The zero-order valence-corrected chi connectivity index (χ0v) is 9.40. The van der Waals surface area contributed by atoms with E-state index in [4.69, 9.17) is 0 Å². The Labute approximate surface area is 90.6 Å². The third-order valence-electron chi connectivity index (χ3n) is 1.74. The van der Waals surface area contributed by atoms with Crippen LogP contribution in [-0.2, 0) is 11.2 Å². The highest BCUT2D eigenvalue weighted by molar-refractivity contribution is 9.10. The Morgan fingerprint density at radius 3 is 2.86 bits per heavy atom. The monoisotopic (exact) mass is 259 g/mol. The van der Waals surface area contributed by atoms with Crippen molar-refractivity contribution in [2.75, 3.05) is 6.54 Å². The lowest BCUT2D eigenvalue weighted by Crippen LogP contribution is -2.24. The van der Waals surface area contributed by atoms with Crippen LogP contribution in [-0.4, -0.2) is 12.5 Å². The Kier molecular flexibility index (Phi) is 4.07. The van der Waals surface area contributed by atoms with Gasteiger partial charge in [-0.05, 0) is 24.6 Å². The number of halogens is 2. The van der Waals surface area contributed by atoms with Gasteiger partial charge in [-0.2, -0.15) is 0 Å². The summed E-state index contributed by atoms with van der Waals surface area (Å²) in [6.45, 7) is 2.47. The molecule has 0 saturated heterocycles. The highest BCUT2D eigenvalue weighted by Crippen LogP contribution is 2.18. The molecule has 0 radical (unpaired) electrons. The molecule has 14 heavy (non-hydrogen) atoms. The molecule has 1 rings (SSSR count). The molecule has 76 valence electrons. The van der Waals surface area contributed by atoms with Crippen molar-refractivity contribution in [1.82, 2.24) is 5.32 Å². The second-order valence-electron chi connectivity index (χ2n) is 2.87. The second-order valence-corrected chi connectivity index (χ2v) is 3.72. The second kappa shape index (κ2) is 5.10. The molecule has 1 N–H and O–H groups in total. The van der Waals surface area contributed by atoms with Crippen molar-refractivity contribution < 1.29 is 9.18 Å². The smallest absolute Gasteiger partial charge is 0.224 e. The van der Waals surface area contributed by atoms with Gasteiger partial charge in [-0.1, -0.05) is 22.0 Å². The van der Waals surface area contributed by atoms with Gasteiger partial charge in [-0.3, -0.25) is 4.79 Å². The number of carbonyl (C=O) groups is 1. The van der Waals surface area contributed by atoms with E-state index in [1.54, 1.807) is 6.07 Å². The first-order valence-electron chi connectivity index (χ1n) is 4.34. The quantitative estimate of drug-likeness (QED) is 0.887. The SMILES string of the molecule is CCNC(=O)Cc1ccc(F)cc1Br. The average molecular weight is 260 g/mol. The van der Waals surface area contributed by atoms with E-state index in [0.29, 0.717) is 11.0 Å². The maximum absolute atomic E-state index is 12.7. The molecule has 0 bridgehead atoms. The van der Waals surface area contributed by atoms with E-state index in [1.165, 1.54) is 12.1 Å². The Bertz CT molecular complexity index is 341. The molecule has 2 nitrogen and oxygen atoms in total. The Hall–Kier alpha value is -0.900. The maximum atomic E-state index is 12.7. The fraction of sp³-hybridized carbons (Fsp3) is 0.300. The molecular formula is C10H11BrFNO. The van der Waals surface area contributed by atoms with Gasteiger partial charge in [0.25, 0.3) is 0 Å². The van der Waals surface area contributed by atoms with E-state index in [-0.39, 0.29) is 18.1 Å². The van der Waals surface area contributed by atoms with Gasteiger partial charge >= 0.3 is 0 Å². The maximum Gasteiger partial charge on any atom is 0.224 e. The van der Waals surface area contributed by atoms with Crippen LogP contribution in [0.15, 0.2) is 22.7 Å². The van der Waals surface area contributed by atoms with Crippen molar-refractivity contribution in [1.29, 1.82) is 0 Å². The van der Waals surface area contributed by atoms with E-state index in [0.717, 1.165) is 5.56 Å². The predicted molar refractivity (Wildman–Crippen MR) is 56.5 cm³/mol. The number of rotatable bonds is 3. The van der Waals surface area contributed by atoms with Gasteiger partial charge in [-0.25, -0.2) is 4.39 Å².